The molecule has 0 aliphatic rings. The number of hydrogen-bond acceptors (Lipinski definition) is 1. The maximum absolute atomic E-state index is 13.2. The number of para-hydroxylation sites is 1. The van der Waals surface area contributed by atoms with E-state index in [4.69, 9.17) is 0 Å². The van der Waals surface area contributed by atoms with Crippen LogP contribution < -0.4 is 4.90 Å². The van der Waals surface area contributed by atoms with Crippen molar-refractivity contribution in [3.63, 3.8) is 0 Å². The number of alkyl halides is 4. The molecule has 0 aromatic heterocycles. The second-order valence-corrected chi connectivity index (χ2v) is 4.94. The van der Waals surface area contributed by atoms with Crippen molar-refractivity contribution in [2.24, 2.45) is 0 Å². The van der Waals surface area contributed by atoms with Crippen molar-refractivity contribution in [2.45, 2.75) is 11.5 Å². The predicted octanol–water partition coefficient (Wildman–Crippen LogP) is 5.37. The van der Waals surface area contributed by atoms with Gasteiger partial charge < -0.3 is 4.90 Å². The molecule has 0 aliphatic carbocycles. The van der Waals surface area contributed by atoms with Crippen molar-refractivity contribution < 1.29 is 13.2 Å². The van der Waals surface area contributed by atoms with E-state index < -0.39 is 11.7 Å². The predicted molar refractivity (Wildman–Crippen MR) is 78.6 cm³/mol. The third-order valence-corrected chi connectivity index (χ3v) is 3.67. The van der Waals surface area contributed by atoms with Crippen LogP contribution in [-0.2, 0) is 11.5 Å². The number of nitrogens with zero attached hydrogens (tertiary/aromatic N) is 1. The Morgan fingerprint density at radius 2 is 1.70 bits per heavy atom. The largest absolute Gasteiger partial charge is 0.418 e. The summed E-state index contributed by atoms with van der Waals surface area (Å²) in [6.07, 6.45) is -4.38. The van der Waals surface area contributed by atoms with Crippen molar-refractivity contribution in [3.8, 4) is 0 Å². The first-order valence-corrected chi connectivity index (χ1v) is 7.10. The van der Waals surface area contributed by atoms with Crippen LogP contribution >= 0.6 is 15.9 Å². The standard InChI is InChI=1S/C15H13BrF3N/c1-20(12-5-3-2-4-6-12)14-8-7-11(10-16)9-13(14)15(17,18)19/h2-9H,10H2,1H3. The van der Waals surface area contributed by atoms with E-state index in [0.29, 0.717) is 16.6 Å². The molecule has 0 heterocycles. The second kappa shape index (κ2) is 5.87. The zero-order valence-corrected chi connectivity index (χ0v) is 12.4. The highest BCUT2D eigenvalue weighted by Crippen LogP contribution is 2.39. The molecule has 0 N–H and O–H groups in total. The highest BCUT2D eigenvalue weighted by atomic mass is 79.9. The van der Waals surface area contributed by atoms with Gasteiger partial charge in [0.05, 0.1) is 11.3 Å². The zero-order chi connectivity index (χ0) is 14.8. The number of anilines is 2. The van der Waals surface area contributed by atoms with Crippen molar-refractivity contribution >= 4 is 27.3 Å². The fourth-order valence-corrected chi connectivity index (χ4v) is 2.33. The van der Waals surface area contributed by atoms with Gasteiger partial charge in [0.2, 0.25) is 0 Å². The van der Waals surface area contributed by atoms with E-state index in [1.165, 1.54) is 12.1 Å². The van der Waals surface area contributed by atoms with Crippen molar-refractivity contribution in [1.82, 2.24) is 0 Å². The van der Waals surface area contributed by atoms with Gasteiger partial charge in [-0.25, -0.2) is 0 Å². The van der Waals surface area contributed by atoms with E-state index >= 15 is 0 Å². The summed E-state index contributed by atoms with van der Waals surface area (Å²) in [6, 6.07) is 13.4. The molecule has 2 aromatic rings. The van der Waals surface area contributed by atoms with Crippen molar-refractivity contribution in [3.05, 3.63) is 59.7 Å². The third kappa shape index (κ3) is 3.15. The van der Waals surface area contributed by atoms with Gasteiger partial charge in [0.25, 0.3) is 0 Å². The molecule has 0 atom stereocenters. The molecule has 2 rings (SSSR count). The molecule has 106 valence electrons. The van der Waals surface area contributed by atoms with E-state index in [9.17, 15) is 13.2 Å². The summed E-state index contributed by atoms with van der Waals surface area (Å²) in [4.78, 5) is 1.54. The highest BCUT2D eigenvalue weighted by molar-refractivity contribution is 9.08. The first-order chi connectivity index (χ1) is 9.43. The van der Waals surface area contributed by atoms with Gasteiger partial charge in [-0.1, -0.05) is 40.2 Å². The summed E-state index contributed by atoms with van der Waals surface area (Å²) in [7, 11) is 1.63. The molecule has 0 aliphatic heterocycles. The second-order valence-electron chi connectivity index (χ2n) is 4.38. The van der Waals surface area contributed by atoms with Crippen LogP contribution in [0, 0.1) is 0 Å². The van der Waals surface area contributed by atoms with Crippen LogP contribution in [0.5, 0.6) is 0 Å². The average Bonchev–Trinajstić information content (AvgIpc) is 2.46. The van der Waals surface area contributed by atoms with Crippen molar-refractivity contribution in [1.29, 1.82) is 0 Å². The molecule has 0 fully saturated rings. The quantitative estimate of drug-likeness (QED) is 0.677. The number of hydrogen-bond donors (Lipinski definition) is 0. The Hall–Kier alpha value is -1.49. The van der Waals surface area contributed by atoms with Crippen LogP contribution in [0.4, 0.5) is 24.5 Å². The van der Waals surface area contributed by atoms with Crippen LogP contribution in [0.3, 0.4) is 0 Å². The minimum atomic E-state index is -4.38. The van der Waals surface area contributed by atoms with Crippen LogP contribution in [0.2, 0.25) is 0 Å². The number of benzene rings is 2. The summed E-state index contributed by atoms with van der Waals surface area (Å²) < 4.78 is 39.6. The first-order valence-electron chi connectivity index (χ1n) is 5.98. The lowest BCUT2D eigenvalue weighted by Crippen LogP contribution is -2.16. The monoisotopic (exact) mass is 343 g/mol. The minimum Gasteiger partial charge on any atom is -0.344 e. The molecule has 0 saturated heterocycles. The van der Waals surface area contributed by atoms with Crippen LogP contribution in [0.1, 0.15) is 11.1 Å². The molecule has 2 aromatic carbocycles. The van der Waals surface area contributed by atoms with Gasteiger partial charge in [0.15, 0.2) is 0 Å². The molecule has 0 amide bonds. The minimum absolute atomic E-state index is 0.147. The van der Waals surface area contributed by atoms with E-state index in [0.717, 1.165) is 0 Å². The lowest BCUT2D eigenvalue weighted by Gasteiger charge is -2.24. The first kappa shape index (κ1) is 14.9. The topological polar surface area (TPSA) is 3.24 Å². The molecule has 20 heavy (non-hydrogen) atoms. The average molecular weight is 344 g/mol. The summed E-state index contributed by atoms with van der Waals surface area (Å²) in [5, 5.41) is 0.394. The normalized spacial score (nSPS) is 11.4. The van der Waals surface area contributed by atoms with Gasteiger partial charge in [-0.2, -0.15) is 13.2 Å². The molecule has 0 unspecified atom stereocenters. The smallest absolute Gasteiger partial charge is 0.344 e. The van der Waals surface area contributed by atoms with Gasteiger partial charge in [-0.3, -0.25) is 0 Å². The molecule has 5 heteroatoms. The Balaban J connectivity index is 2.51. The lowest BCUT2D eigenvalue weighted by molar-refractivity contribution is -0.137. The van der Waals surface area contributed by atoms with Gasteiger partial charge >= 0.3 is 6.18 Å². The highest BCUT2D eigenvalue weighted by Gasteiger charge is 2.34. The molecule has 0 radical (unpaired) electrons. The third-order valence-electron chi connectivity index (χ3n) is 3.03. The maximum atomic E-state index is 13.2. The van der Waals surface area contributed by atoms with Gasteiger partial charge in [-0.15, -0.1) is 0 Å². The van der Waals surface area contributed by atoms with Gasteiger partial charge in [-0.05, 0) is 29.8 Å². The summed E-state index contributed by atoms with van der Waals surface area (Å²) >= 11 is 3.18. The Morgan fingerprint density at radius 1 is 1.05 bits per heavy atom. The SMILES string of the molecule is CN(c1ccccc1)c1ccc(CBr)cc1C(F)(F)F. The lowest BCUT2D eigenvalue weighted by atomic mass is 10.1. The van der Waals surface area contributed by atoms with E-state index in [1.807, 2.05) is 6.07 Å². The fourth-order valence-electron chi connectivity index (χ4n) is 1.98. The Kier molecular flexibility index (Phi) is 4.38. The number of halogens is 4. The fraction of sp³-hybridized carbons (Fsp3) is 0.200. The van der Waals surface area contributed by atoms with Crippen LogP contribution in [-0.4, -0.2) is 7.05 Å². The van der Waals surface area contributed by atoms with Crippen LogP contribution in [0.15, 0.2) is 48.5 Å². The summed E-state index contributed by atoms with van der Waals surface area (Å²) in [5.41, 5.74) is 0.835. The zero-order valence-electron chi connectivity index (χ0n) is 10.8. The van der Waals surface area contributed by atoms with Gasteiger partial charge in [0.1, 0.15) is 0 Å². The molecular weight excluding hydrogens is 331 g/mol. The molecular formula is C15H13BrF3N. The molecule has 0 spiro atoms. The Bertz CT molecular complexity index is 581. The Labute approximate surface area is 124 Å². The molecule has 0 bridgehead atoms. The van der Waals surface area contributed by atoms with E-state index in [2.05, 4.69) is 15.9 Å². The van der Waals surface area contributed by atoms with Crippen molar-refractivity contribution in [2.75, 3.05) is 11.9 Å². The Morgan fingerprint density at radius 3 is 2.25 bits per heavy atom. The molecule has 0 saturated carbocycles. The summed E-state index contributed by atoms with van der Waals surface area (Å²) in [5.74, 6) is 0. The van der Waals surface area contributed by atoms with E-state index in [1.54, 1.807) is 42.3 Å². The van der Waals surface area contributed by atoms with Gasteiger partial charge in [0, 0.05) is 18.1 Å². The summed E-state index contributed by atoms with van der Waals surface area (Å²) in [6.45, 7) is 0. The van der Waals surface area contributed by atoms with E-state index in [-0.39, 0.29) is 5.69 Å². The number of rotatable bonds is 3. The van der Waals surface area contributed by atoms with Crippen LogP contribution in [0.25, 0.3) is 0 Å². The maximum Gasteiger partial charge on any atom is 0.418 e. The molecule has 1 nitrogen and oxygen atoms in total.